The molecule has 0 aromatic rings. The van der Waals surface area contributed by atoms with E-state index in [0.717, 1.165) is 114 Å². The third-order valence-electron chi connectivity index (χ3n) is 21.0. The number of carbonyl (C=O) groups is 4. The van der Waals surface area contributed by atoms with Gasteiger partial charge in [-0.25, -0.2) is 9.13 Å². The largest absolute Gasteiger partial charge is 0.472 e. The van der Waals surface area contributed by atoms with Crippen molar-refractivity contribution in [2.24, 2.45) is 23.7 Å². The number of aliphatic hydroxyl groups excluding tert-OH is 1. The molecule has 3 N–H and O–H groups in total. The van der Waals surface area contributed by atoms with Gasteiger partial charge >= 0.3 is 39.5 Å². The lowest BCUT2D eigenvalue weighted by molar-refractivity contribution is -0.161. The molecule has 0 saturated heterocycles. The van der Waals surface area contributed by atoms with Crippen molar-refractivity contribution in [2.45, 2.75) is 472 Å². The van der Waals surface area contributed by atoms with Crippen LogP contribution in [0.4, 0.5) is 0 Å². The number of esters is 4. The minimum atomic E-state index is -4.97. The van der Waals surface area contributed by atoms with Gasteiger partial charge in [0, 0.05) is 25.7 Å². The molecule has 0 fully saturated rings. The Balaban J connectivity index is 5.21. The third-order valence-corrected chi connectivity index (χ3v) is 22.9. The molecule has 0 heterocycles. The smallest absolute Gasteiger partial charge is 0.462 e. The lowest BCUT2D eigenvalue weighted by atomic mass is 9.99. The maximum absolute atomic E-state index is 13.1. The van der Waals surface area contributed by atoms with Gasteiger partial charge in [0.05, 0.1) is 26.4 Å². The maximum Gasteiger partial charge on any atom is 0.472 e. The molecule has 0 amide bonds. The van der Waals surface area contributed by atoms with Crippen LogP contribution in [0.5, 0.6) is 0 Å². The first-order valence-corrected chi connectivity index (χ1v) is 47.8. The van der Waals surface area contributed by atoms with Crippen LogP contribution in [0.3, 0.4) is 0 Å². The van der Waals surface area contributed by atoms with Gasteiger partial charge in [-0.3, -0.25) is 37.3 Å². The molecule has 0 bridgehead atoms. The lowest BCUT2D eigenvalue weighted by Crippen LogP contribution is -2.30. The van der Waals surface area contributed by atoms with Gasteiger partial charge in [-0.05, 0) is 49.4 Å². The molecule has 0 saturated carbocycles. The van der Waals surface area contributed by atoms with Crippen molar-refractivity contribution in [3.8, 4) is 0 Å². The molecule has 5 unspecified atom stereocenters. The van der Waals surface area contributed by atoms with E-state index in [4.69, 9.17) is 37.0 Å². The number of hydrogen-bond acceptors (Lipinski definition) is 15. The Kier molecular flexibility index (Phi) is 74.3. The van der Waals surface area contributed by atoms with Crippen LogP contribution in [0, 0.1) is 23.7 Å². The van der Waals surface area contributed by atoms with Gasteiger partial charge in [-0.2, -0.15) is 0 Å². The topological polar surface area (TPSA) is 237 Å². The minimum absolute atomic E-state index is 0.107. The summed E-state index contributed by atoms with van der Waals surface area (Å²) in [6, 6.07) is 0. The zero-order valence-electron chi connectivity index (χ0n) is 70.1. The molecule has 0 spiro atoms. The molecular weight excluding hydrogens is 1380 g/mol. The van der Waals surface area contributed by atoms with Crippen molar-refractivity contribution in [1.82, 2.24) is 0 Å². The average molecular weight is 1550 g/mol. The van der Waals surface area contributed by atoms with Crippen LogP contribution in [-0.2, 0) is 65.4 Å². The van der Waals surface area contributed by atoms with Gasteiger partial charge in [0.2, 0.25) is 0 Å². The number of rotatable bonds is 84. The van der Waals surface area contributed by atoms with Crippen molar-refractivity contribution in [3.05, 3.63) is 0 Å². The zero-order valence-corrected chi connectivity index (χ0v) is 71.9. The van der Waals surface area contributed by atoms with Crippen LogP contribution in [0.1, 0.15) is 453 Å². The van der Waals surface area contributed by atoms with Gasteiger partial charge in [0.15, 0.2) is 12.2 Å². The van der Waals surface area contributed by atoms with Gasteiger partial charge in [-0.1, -0.05) is 402 Å². The predicted molar refractivity (Wildman–Crippen MR) is 437 cm³/mol. The summed E-state index contributed by atoms with van der Waals surface area (Å²) < 4.78 is 68.9. The summed E-state index contributed by atoms with van der Waals surface area (Å²) >= 11 is 0. The zero-order chi connectivity index (χ0) is 78.1. The molecule has 0 aromatic carbocycles. The van der Waals surface area contributed by atoms with Gasteiger partial charge in [0.25, 0.3) is 0 Å². The van der Waals surface area contributed by atoms with Crippen molar-refractivity contribution in [1.29, 1.82) is 0 Å². The highest BCUT2D eigenvalue weighted by molar-refractivity contribution is 7.47. The first-order chi connectivity index (χ1) is 51.2. The third kappa shape index (κ3) is 77.4. The maximum atomic E-state index is 13.1. The molecule has 0 aliphatic carbocycles. The number of phosphoric acid groups is 2. The Hall–Kier alpha value is -1.94. The summed E-state index contributed by atoms with van der Waals surface area (Å²) in [6.45, 7) is 14.4. The molecule has 17 nitrogen and oxygen atoms in total. The molecule has 0 aromatic heterocycles. The van der Waals surface area contributed by atoms with Crippen molar-refractivity contribution in [2.75, 3.05) is 39.6 Å². The second-order valence-electron chi connectivity index (χ2n) is 32.7. The first kappa shape index (κ1) is 104. The molecule has 0 rings (SSSR count). The molecule has 7 atom stereocenters. The summed E-state index contributed by atoms with van der Waals surface area (Å²) in [6.07, 6.45) is 65.3. The van der Waals surface area contributed by atoms with Crippen molar-refractivity contribution < 1.29 is 80.2 Å². The van der Waals surface area contributed by atoms with Crippen molar-refractivity contribution >= 4 is 39.5 Å². The normalized spacial score (nSPS) is 14.4. The van der Waals surface area contributed by atoms with Crippen LogP contribution < -0.4 is 0 Å². The van der Waals surface area contributed by atoms with E-state index in [1.165, 1.54) is 250 Å². The summed E-state index contributed by atoms with van der Waals surface area (Å²) in [5, 5.41) is 10.7. The summed E-state index contributed by atoms with van der Waals surface area (Å²) in [5.41, 5.74) is 0. The van der Waals surface area contributed by atoms with Crippen LogP contribution in [0.15, 0.2) is 0 Å². The van der Waals surface area contributed by atoms with Crippen LogP contribution in [-0.4, -0.2) is 96.7 Å². The molecule has 106 heavy (non-hydrogen) atoms. The fourth-order valence-corrected chi connectivity index (χ4v) is 15.0. The van der Waals surface area contributed by atoms with E-state index >= 15 is 0 Å². The molecular formula is C87H170O17P2. The number of hydrogen-bond donors (Lipinski definition) is 3. The summed E-state index contributed by atoms with van der Waals surface area (Å²) in [5.74, 6) is 1.10. The predicted octanol–water partition coefficient (Wildman–Crippen LogP) is 26.3. The highest BCUT2D eigenvalue weighted by Gasteiger charge is 2.31. The standard InChI is InChI=1S/C87H170O17P2/c1-9-79(7)65-57-49-41-33-27-21-15-13-11-12-14-16-24-30-36-44-53-61-69-87(92)104-83(74-98-85(90)68-60-52-46-38-40-48-56-64-78(5)6)76-102-106(95,96)100-72-81(88)71-99-105(93,94)101-75-82(103-86(91)70-62-54-45-37-31-25-19-20-26-32-39-47-55-63-77(3)4)73-97-84(89)67-59-51-43-35-29-23-18-17-22-28-34-42-50-58-66-80(8)10-2/h77-83,88H,9-76H2,1-8H3,(H,93,94)(H,95,96)/t79?,80?,81?,82-,83-/m1/s1. The summed E-state index contributed by atoms with van der Waals surface area (Å²) in [7, 11) is -9.93. The summed E-state index contributed by atoms with van der Waals surface area (Å²) in [4.78, 5) is 73.2. The monoisotopic (exact) mass is 1550 g/mol. The quantitative estimate of drug-likeness (QED) is 0.0222. The Morgan fingerprint density at radius 3 is 0.670 bits per heavy atom. The van der Waals surface area contributed by atoms with E-state index in [1.807, 2.05) is 0 Å². The van der Waals surface area contributed by atoms with Gasteiger partial charge in [-0.15, -0.1) is 0 Å². The Labute approximate surface area is 651 Å². The van der Waals surface area contributed by atoms with Crippen LogP contribution >= 0.6 is 15.6 Å². The van der Waals surface area contributed by atoms with E-state index in [1.54, 1.807) is 0 Å². The molecule has 0 aliphatic rings. The second-order valence-corrected chi connectivity index (χ2v) is 35.6. The minimum Gasteiger partial charge on any atom is -0.462 e. The fraction of sp³-hybridized carbons (Fsp3) is 0.954. The number of ether oxygens (including phenoxy) is 4. The van der Waals surface area contributed by atoms with E-state index in [-0.39, 0.29) is 25.7 Å². The lowest BCUT2D eigenvalue weighted by Gasteiger charge is -2.21. The molecule has 0 radical (unpaired) electrons. The van der Waals surface area contributed by atoms with E-state index in [2.05, 4.69) is 55.4 Å². The van der Waals surface area contributed by atoms with E-state index < -0.39 is 97.5 Å². The first-order valence-electron chi connectivity index (χ1n) is 44.8. The molecule has 630 valence electrons. The van der Waals surface area contributed by atoms with Crippen molar-refractivity contribution in [3.63, 3.8) is 0 Å². The highest BCUT2D eigenvalue weighted by Crippen LogP contribution is 2.45. The Bertz CT molecular complexity index is 2060. The fourth-order valence-electron chi connectivity index (χ4n) is 13.4. The number of aliphatic hydroxyl groups is 1. The average Bonchev–Trinajstić information content (AvgIpc) is 0.900. The van der Waals surface area contributed by atoms with E-state index in [9.17, 15) is 43.2 Å². The number of unbranched alkanes of at least 4 members (excludes halogenated alkanes) is 48. The van der Waals surface area contributed by atoms with Gasteiger partial charge in [0.1, 0.15) is 19.3 Å². The SMILES string of the molecule is CCC(C)CCCCCCCCCCCCCCCCCCCCC(=O)O[C@H](COC(=O)CCCCCCCCCC(C)C)COP(=O)(O)OCC(O)COP(=O)(O)OC[C@@H](COC(=O)CCCCCCCCCCCCCCCCC(C)CC)OC(=O)CCCCCCCCCCCCCCCC(C)C. The van der Waals surface area contributed by atoms with E-state index in [0.29, 0.717) is 31.6 Å². The Morgan fingerprint density at radius 1 is 0.264 bits per heavy atom. The Morgan fingerprint density at radius 2 is 0.453 bits per heavy atom. The number of phosphoric ester groups is 2. The van der Waals surface area contributed by atoms with Crippen LogP contribution in [0.2, 0.25) is 0 Å². The van der Waals surface area contributed by atoms with Crippen LogP contribution in [0.25, 0.3) is 0 Å². The van der Waals surface area contributed by atoms with Gasteiger partial charge < -0.3 is 33.8 Å². The second kappa shape index (κ2) is 75.7. The molecule has 0 aliphatic heterocycles. The highest BCUT2D eigenvalue weighted by atomic mass is 31.2. The number of carbonyl (C=O) groups excluding carboxylic acids is 4. The molecule has 19 heteroatoms.